The summed E-state index contributed by atoms with van der Waals surface area (Å²) in [7, 11) is 0. The van der Waals surface area contributed by atoms with Gasteiger partial charge in [-0.05, 0) is 72.4 Å². The fraction of sp³-hybridized carbons (Fsp3) is 0.154. The van der Waals surface area contributed by atoms with E-state index in [2.05, 4.69) is 30.0 Å². The molecule has 0 spiro atoms. The lowest BCUT2D eigenvalue weighted by atomic mass is 9.88. The first-order valence-corrected chi connectivity index (χ1v) is 10.2. The fourth-order valence-corrected chi connectivity index (χ4v) is 3.68. The molecule has 0 unspecified atom stereocenters. The quantitative estimate of drug-likeness (QED) is 0.439. The number of nitrogens with one attached hydrogen (secondary N) is 2. The van der Waals surface area contributed by atoms with Crippen LogP contribution >= 0.6 is 11.6 Å². The first-order valence-electron chi connectivity index (χ1n) is 9.79. The van der Waals surface area contributed by atoms with E-state index in [9.17, 15) is 4.39 Å². The lowest BCUT2D eigenvalue weighted by Crippen LogP contribution is -2.11. The number of halogens is 2. The number of H-pyrrole nitrogens is 1. The second-order valence-electron chi connectivity index (χ2n) is 7.54. The molecule has 1 aliphatic rings. The maximum atomic E-state index is 13.5. The van der Waals surface area contributed by atoms with Crippen molar-refractivity contribution < 1.29 is 4.39 Å². The second-order valence-corrected chi connectivity index (χ2v) is 7.97. The van der Waals surface area contributed by atoms with Crippen molar-refractivity contribution in [1.82, 2.24) is 10.3 Å². The summed E-state index contributed by atoms with van der Waals surface area (Å²) in [5.74, 6) is -0.124. The lowest BCUT2D eigenvalue weighted by molar-refractivity contribution is 0.583. The topological polar surface area (TPSA) is 27.8 Å². The number of allylic oxidation sites excluding steroid dienone is 7. The average Bonchev–Trinajstić information content (AvgIpc) is 3.18. The van der Waals surface area contributed by atoms with Crippen LogP contribution in [0.1, 0.15) is 43.5 Å². The third-order valence-corrected chi connectivity index (χ3v) is 5.22. The van der Waals surface area contributed by atoms with Gasteiger partial charge in [0.05, 0.1) is 11.4 Å². The molecule has 0 amide bonds. The van der Waals surface area contributed by atoms with Crippen molar-refractivity contribution in [1.29, 1.82) is 0 Å². The Kier molecular flexibility index (Phi) is 6.63. The minimum Gasteiger partial charge on any atom is -0.359 e. The third-order valence-electron chi connectivity index (χ3n) is 4.99. The molecule has 2 nitrogen and oxygen atoms in total. The van der Waals surface area contributed by atoms with Crippen molar-refractivity contribution >= 4 is 28.4 Å². The van der Waals surface area contributed by atoms with E-state index < -0.39 is 0 Å². The smallest absolute Gasteiger partial charge is 0.102 e. The molecule has 1 heterocycles. The van der Waals surface area contributed by atoms with Gasteiger partial charge in [0.15, 0.2) is 0 Å². The molecule has 0 saturated heterocycles. The van der Waals surface area contributed by atoms with Crippen LogP contribution in [0.5, 0.6) is 0 Å². The molecular formula is C26H26ClFN2. The average molecular weight is 421 g/mol. The van der Waals surface area contributed by atoms with E-state index in [1.54, 1.807) is 0 Å². The van der Waals surface area contributed by atoms with E-state index in [1.165, 1.54) is 6.08 Å². The van der Waals surface area contributed by atoms with Crippen LogP contribution in [0.3, 0.4) is 0 Å². The summed E-state index contributed by atoms with van der Waals surface area (Å²) in [5.41, 5.74) is 7.92. The molecule has 3 rings (SSSR count). The number of hydrogen-bond acceptors (Lipinski definition) is 1. The second kappa shape index (κ2) is 9.19. The monoisotopic (exact) mass is 420 g/mol. The molecule has 0 fully saturated rings. The third kappa shape index (κ3) is 4.92. The Balaban J connectivity index is 1.81. The molecule has 154 valence electrons. The number of aromatic nitrogens is 1. The first-order chi connectivity index (χ1) is 14.3. The molecule has 0 aliphatic heterocycles. The summed E-state index contributed by atoms with van der Waals surface area (Å²) in [4.78, 5) is 3.23. The van der Waals surface area contributed by atoms with Gasteiger partial charge in [0, 0.05) is 23.3 Å². The summed E-state index contributed by atoms with van der Waals surface area (Å²) in [6.45, 7) is 16.8. The van der Waals surface area contributed by atoms with Crippen molar-refractivity contribution in [3.8, 4) is 0 Å². The molecule has 0 bridgehead atoms. The fourth-order valence-electron chi connectivity index (χ4n) is 3.49. The van der Waals surface area contributed by atoms with Crippen molar-refractivity contribution in [3.63, 3.8) is 0 Å². The number of hydrogen-bond donors (Lipinski definition) is 2. The lowest BCUT2D eigenvalue weighted by Gasteiger charge is -2.16. The Bertz CT molecular complexity index is 1110. The highest BCUT2D eigenvalue weighted by atomic mass is 35.5. The molecule has 4 heteroatoms. The molecule has 1 aromatic carbocycles. The highest BCUT2D eigenvalue weighted by molar-refractivity contribution is 6.30. The zero-order chi connectivity index (χ0) is 21.8. The largest absolute Gasteiger partial charge is 0.359 e. The maximum Gasteiger partial charge on any atom is 0.102 e. The molecular weight excluding hydrogens is 395 g/mol. The summed E-state index contributed by atoms with van der Waals surface area (Å²) < 4.78 is 13.5. The summed E-state index contributed by atoms with van der Waals surface area (Å²) in [6, 6.07) is 9.63. The molecule has 30 heavy (non-hydrogen) atoms. The van der Waals surface area contributed by atoms with Crippen LogP contribution in [-0.4, -0.2) is 4.98 Å². The highest BCUT2D eigenvalue weighted by Gasteiger charge is 2.16. The summed E-state index contributed by atoms with van der Waals surface area (Å²) in [6.07, 6.45) is 6.50. The predicted molar refractivity (Wildman–Crippen MR) is 127 cm³/mol. The molecule has 1 aromatic heterocycles. The summed E-state index contributed by atoms with van der Waals surface area (Å²) >= 11 is 6.16. The molecule has 1 aliphatic carbocycles. The van der Waals surface area contributed by atoms with Gasteiger partial charge in [0.25, 0.3) is 0 Å². The molecule has 0 radical (unpaired) electrons. The van der Waals surface area contributed by atoms with Crippen molar-refractivity contribution in [2.75, 3.05) is 0 Å². The van der Waals surface area contributed by atoms with E-state index in [4.69, 9.17) is 11.6 Å². The molecule has 0 atom stereocenters. The van der Waals surface area contributed by atoms with Crippen LogP contribution in [0, 0.1) is 0 Å². The zero-order valence-corrected chi connectivity index (χ0v) is 18.2. The maximum absolute atomic E-state index is 13.5. The van der Waals surface area contributed by atoms with Crippen LogP contribution in [0.4, 0.5) is 4.39 Å². The van der Waals surface area contributed by atoms with E-state index >= 15 is 0 Å². The Labute approximate surface area is 182 Å². The van der Waals surface area contributed by atoms with Gasteiger partial charge < -0.3 is 10.3 Å². The minimum absolute atomic E-state index is 0.124. The highest BCUT2D eigenvalue weighted by Crippen LogP contribution is 2.35. The Hall–Kier alpha value is -3.04. The van der Waals surface area contributed by atoms with Gasteiger partial charge in [-0.1, -0.05) is 55.1 Å². The Morgan fingerprint density at radius 3 is 2.50 bits per heavy atom. The number of benzene rings is 1. The van der Waals surface area contributed by atoms with E-state index in [-0.39, 0.29) is 5.83 Å². The predicted octanol–water partition coefficient (Wildman–Crippen LogP) is 7.82. The minimum atomic E-state index is -0.124. The number of rotatable bonds is 7. The van der Waals surface area contributed by atoms with Crippen molar-refractivity contribution in [2.45, 2.75) is 26.7 Å². The van der Waals surface area contributed by atoms with Crippen molar-refractivity contribution in [3.05, 3.63) is 113 Å². The van der Waals surface area contributed by atoms with Crippen LogP contribution in [0.15, 0.2) is 91.1 Å². The van der Waals surface area contributed by atoms with Gasteiger partial charge in [-0.15, -0.1) is 0 Å². The van der Waals surface area contributed by atoms with Crippen LogP contribution in [-0.2, 0) is 0 Å². The Morgan fingerprint density at radius 1 is 1.10 bits per heavy atom. The van der Waals surface area contributed by atoms with Gasteiger partial charge in [-0.25, -0.2) is 4.39 Å². The van der Waals surface area contributed by atoms with E-state index in [0.717, 1.165) is 44.8 Å². The zero-order valence-electron chi connectivity index (χ0n) is 17.4. The van der Waals surface area contributed by atoms with E-state index in [1.807, 2.05) is 56.5 Å². The van der Waals surface area contributed by atoms with Gasteiger partial charge in [-0.2, -0.15) is 0 Å². The van der Waals surface area contributed by atoms with Crippen molar-refractivity contribution in [2.24, 2.45) is 0 Å². The van der Waals surface area contributed by atoms with Crippen LogP contribution in [0.2, 0.25) is 5.02 Å². The van der Waals surface area contributed by atoms with Gasteiger partial charge >= 0.3 is 0 Å². The first kappa shape index (κ1) is 21.7. The van der Waals surface area contributed by atoms with E-state index in [0.29, 0.717) is 23.6 Å². The molecule has 2 N–H and O–H groups in total. The van der Waals surface area contributed by atoms with Gasteiger partial charge in [0.1, 0.15) is 5.83 Å². The van der Waals surface area contributed by atoms with Crippen LogP contribution < -0.4 is 5.32 Å². The van der Waals surface area contributed by atoms with Gasteiger partial charge in [0.2, 0.25) is 0 Å². The SMILES string of the molecule is C=C(C(C(=C)c1c[nH]c(C(=C)NC2=CCCC(F)=C2)c1)=C(C)C)c1cccc(Cl)c1. The normalized spacial score (nSPS) is 13.2. The Morgan fingerprint density at radius 2 is 1.83 bits per heavy atom. The molecule has 2 aromatic rings. The summed E-state index contributed by atoms with van der Waals surface area (Å²) in [5, 5.41) is 3.84. The van der Waals surface area contributed by atoms with Crippen LogP contribution in [0.25, 0.3) is 16.8 Å². The standard InChI is InChI=1S/C26H26ClFN2/c1-16(2)26(17(3)20-8-6-9-22(27)12-20)18(4)21-13-25(29-15-21)19(5)30-24-11-7-10-23(28)14-24/h6,8-9,11-15,29-30H,3-5,7,10H2,1-2H3. The molecule has 0 saturated carbocycles. The number of aromatic amines is 1. The van der Waals surface area contributed by atoms with Gasteiger partial charge in [-0.3, -0.25) is 0 Å².